The van der Waals surface area contributed by atoms with Crippen molar-refractivity contribution < 1.29 is 0 Å². The van der Waals surface area contributed by atoms with Crippen LogP contribution in [0, 0.1) is 0 Å². The molecule has 0 aromatic carbocycles. The highest BCUT2D eigenvalue weighted by atomic mass is 15.1. The summed E-state index contributed by atoms with van der Waals surface area (Å²) in [6, 6.07) is 0. The standard InChI is InChI=1S/C5H12N4/c1-4(3-6)9-5(7)8-2/h3H,6H2,1-2H3,(H3,7,8,9)/b4-3-. The van der Waals surface area contributed by atoms with E-state index < -0.39 is 0 Å². The molecule has 0 bridgehead atoms. The highest BCUT2D eigenvalue weighted by Crippen LogP contribution is 1.77. The van der Waals surface area contributed by atoms with Gasteiger partial charge in [0.25, 0.3) is 0 Å². The van der Waals surface area contributed by atoms with E-state index in [9.17, 15) is 0 Å². The zero-order chi connectivity index (χ0) is 7.28. The van der Waals surface area contributed by atoms with E-state index in [1.54, 1.807) is 14.0 Å². The zero-order valence-electron chi connectivity index (χ0n) is 5.68. The second kappa shape index (κ2) is 3.77. The van der Waals surface area contributed by atoms with Crippen molar-refractivity contribution in [3.05, 3.63) is 11.9 Å². The van der Waals surface area contributed by atoms with Crippen molar-refractivity contribution in [2.45, 2.75) is 6.92 Å². The van der Waals surface area contributed by atoms with Crippen molar-refractivity contribution in [1.82, 2.24) is 5.32 Å². The molecule has 0 aliphatic carbocycles. The number of nitrogens with one attached hydrogen (secondary N) is 1. The molecule has 0 heterocycles. The van der Waals surface area contributed by atoms with E-state index in [2.05, 4.69) is 10.3 Å². The lowest BCUT2D eigenvalue weighted by atomic mass is 10.5. The third-order valence-corrected chi connectivity index (χ3v) is 0.816. The molecule has 0 aromatic rings. The van der Waals surface area contributed by atoms with Gasteiger partial charge in [-0.25, -0.2) is 0 Å². The highest BCUT2D eigenvalue weighted by Gasteiger charge is 1.86. The van der Waals surface area contributed by atoms with Crippen molar-refractivity contribution in [1.29, 1.82) is 0 Å². The molecule has 0 unspecified atom stereocenters. The minimum Gasteiger partial charge on any atom is -0.403 e. The first-order valence-electron chi connectivity index (χ1n) is 2.58. The van der Waals surface area contributed by atoms with Gasteiger partial charge >= 0.3 is 0 Å². The van der Waals surface area contributed by atoms with Gasteiger partial charge in [-0.2, -0.15) is 0 Å². The van der Waals surface area contributed by atoms with E-state index in [1.807, 2.05) is 0 Å². The molecule has 0 rings (SSSR count). The van der Waals surface area contributed by atoms with Crippen LogP contribution in [0.2, 0.25) is 0 Å². The largest absolute Gasteiger partial charge is 0.403 e. The number of hydrogen-bond acceptors (Lipinski definition) is 2. The van der Waals surface area contributed by atoms with Gasteiger partial charge < -0.3 is 16.8 Å². The summed E-state index contributed by atoms with van der Waals surface area (Å²) in [5.41, 5.74) is 11.2. The van der Waals surface area contributed by atoms with Gasteiger partial charge in [0, 0.05) is 18.9 Å². The highest BCUT2D eigenvalue weighted by molar-refractivity contribution is 5.79. The molecule has 4 nitrogen and oxygen atoms in total. The summed E-state index contributed by atoms with van der Waals surface area (Å²) in [7, 11) is 1.60. The number of hydrogen-bond donors (Lipinski definition) is 3. The summed E-state index contributed by atoms with van der Waals surface area (Å²) >= 11 is 0. The van der Waals surface area contributed by atoms with Crippen LogP contribution >= 0.6 is 0 Å². The van der Waals surface area contributed by atoms with E-state index in [0.29, 0.717) is 5.96 Å². The average Bonchev–Trinajstić information content (AvgIpc) is 1.87. The van der Waals surface area contributed by atoms with Gasteiger partial charge in [0.2, 0.25) is 0 Å². The van der Waals surface area contributed by atoms with E-state index in [-0.39, 0.29) is 0 Å². The zero-order valence-corrected chi connectivity index (χ0v) is 5.68. The lowest BCUT2D eigenvalue weighted by Crippen LogP contribution is -2.30. The number of nitrogens with two attached hydrogens (primary N) is 2. The van der Waals surface area contributed by atoms with Crippen molar-refractivity contribution in [3.8, 4) is 0 Å². The predicted molar refractivity (Wildman–Crippen MR) is 38.6 cm³/mol. The summed E-state index contributed by atoms with van der Waals surface area (Å²) in [5.74, 6) is 0.370. The summed E-state index contributed by atoms with van der Waals surface area (Å²) in [6.07, 6.45) is 1.43. The quantitative estimate of drug-likeness (QED) is 0.324. The molecule has 0 spiro atoms. The molecule has 5 N–H and O–H groups in total. The molecule has 0 atom stereocenters. The Labute approximate surface area is 54.6 Å². The molecule has 0 amide bonds. The summed E-state index contributed by atoms with van der Waals surface area (Å²) in [5, 5.41) is 2.74. The summed E-state index contributed by atoms with van der Waals surface area (Å²) in [4.78, 5) is 3.66. The number of nitrogens with zero attached hydrogens (tertiary/aromatic N) is 1. The lowest BCUT2D eigenvalue weighted by Gasteiger charge is -2.01. The predicted octanol–water partition coefficient (Wildman–Crippen LogP) is -0.659. The third-order valence-electron chi connectivity index (χ3n) is 0.816. The monoisotopic (exact) mass is 128 g/mol. The minimum absolute atomic E-state index is 0.370. The molecule has 0 aliphatic rings. The van der Waals surface area contributed by atoms with Crippen molar-refractivity contribution in [3.63, 3.8) is 0 Å². The Morgan fingerprint density at radius 1 is 1.67 bits per heavy atom. The molecule has 0 aromatic heterocycles. The van der Waals surface area contributed by atoms with Gasteiger partial charge in [0.15, 0.2) is 5.96 Å². The van der Waals surface area contributed by atoms with Gasteiger partial charge in [-0.15, -0.1) is 0 Å². The second-order valence-corrected chi connectivity index (χ2v) is 1.58. The average molecular weight is 128 g/mol. The van der Waals surface area contributed by atoms with Gasteiger partial charge in [0.05, 0.1) is 0 Å². The van der Waals surface area contributed by atoms with Gasteiger partial charge in [-0.05, 0) is 6.92 Å². The fourth-order valence-corrected chi connectivity index (χ4v) is 0.300. The Bertz CT molecular complexity index is 120. The van der Waals surface area contributed by atoms with Crippen LogP contribution in [0.3, 0.4) is 0 Å². The fourth-order valence-electron chi connectivity index (χ4n) is 0.300. The van der Waals surface area contributed by atoms with Crippen molar-refractivity contribution >= 4 is 5.96 Å². The van der Waals surface area contributed by atoms with Crippen LogP contribution in [-0.2, 0) is 0 Å². The van der Waals surface area contributed by atoms with Crippen LogP contribution in [0.15, 0.2) is 16.9 Å². The molecule has 0 fully saturated rings. The fraction of sp³-hybridized carbons (Fsp3) is 0.400. The maximum atomic E-state index is 5.29. The molecule has 0 saturated carbocycles. The van der Waals surface area contributed by atoms with Crippen LogP contribution in [0.4, 0.5) is 0 Å². The van der Waals surface area contributed by atoms with Crippen LogP contribution in [0.1, 0.15) is 6.92 Å². The Kier molecular flexibility index (Phi) is 3.27. The molecule has 0 saturated heterocycles. The molecule has 9 heavy (non-hydrogen) atoms. The molecule has 0 aliphatic heterocycles. The van der Waals surface area contributed by atoms with Crippen LogP contribution < -0.4 is 16.8 Å². The van der Waals surface area contributed by atoms with Gasteiger partial charge in [-0.1, -0.05) is 0 Å². The topological polar surface area (TPSA) is 76.4 Å². The Morgan fingerprint density at radius 2 is 2.22 bits per heavy atom. The normalized spacial score (nSPS) is 13.6. The van der Waals surface area contributed by atoms with Gasteiger partial charge in [-0.3, -0.25) is 4.99 Å². The molecular formula is C5H12N4. The van der Waals surface area contributed by atoms with Crippen LogP contribution in [0.5, 0.6) is 0 Å². The number of guanidine groups is 1. The maximum absolute atomic E-state index is 5.29. The minimum atomic E-state index is 0.370. The Morgan fingerprint density at radius 3 is 2.56 bits per heavy atom. The Balaban J connectivity index is 3.75. The van der Waals surface area contributed by atoms with Crippen LogP contribution in [-0.4, -0.2) is 13.0 Å². The SMILES string of the molecule is CN=C(N)N/C(C)=C\N. The van der Waals surface area contributed by atoms with E-state index >= 15 is 0 Å². The maximum Gasteiger partial charge on any atom is 0.192 e. The third kappa shape index (κ3) is 3.40. The molecule has 0 radical (unpaired) electrons. The van der Waals surface area contributed by atoms with Gasteiger partial charge in [0.1, 0.15) is 0 Å². The number of rotatable bonds is 1. The number of aliphatic imine (C=N–C) groups is 1. The summed E-state index contributed by atoms with van der Waals surface area (Å²) in [6.45, 7) is 1.80. The first-order chi connectivity index (χ1) is 4.20. The summed E-state index contributed by atoms with van der Waals surface area (Å²) < 4.78 is 0. The van der Waals surface area contributed by atoms with Crippen molar-refractivity contribution in [2.24, 2.45) is 16.5 Å². The second-order valence-electron chi connectivity index (χ2n) is 1.58. The molecular weight excluding hydrogens is 116 g/mol. The van der Waals surface area contributed by atoms with E-state index in [0.717, 1.165) is 5.70 Å². The number of allylic oxidation sites excluding steroid dienone is 1. The van der Waals surface area contributed by atoms with E-state index in [4.69, 9.17) is 11.5 Å². The smallest absolute Gasteiger partial charge is 0.192 e. The molecule has 52 valence electrons. The lowest BCUT2D eigenvalue weighted by molar-refractivity contribution is 1.07. The first-order valence-corrected chi connectivity index (χ1v) is 2.58. The first kappa shape index (κ1) is 7.81. The molecule has 4 heteroatoms. The Hall–Kier alpha value is -1.19. The van der Waals surface area contributed by atoms with E-state index in [1.165, 1.54) is 6.20 Å². The van der Waals surface area contributed by atoms with Crippen LogP contribution in [0.25, 0.3) is 0 Å². The van der Waals surface area contributed by atoms with Crippen molar-refractivity contribution in [2.75, 3.05) is 7.05 Å².